The third-order valence-corrected chi connectivity index (χ3v) is 3.86. The van der Waals surface area contributed by atoms with E-state index in [1.807, 2.05) is 6.07 Å². The van der Waals surface area contributed by atoms with Gasteiger partial charge in [0, 0.05) is 24.2 Å². The van der Waals surface area contributed by atoms with Gasteiger partial charge in [-0.25, -0.2) is 4.98 Å². The van der Waals surface area contributed by atoms with E-state index in [4.69, 9.17) is 5.11 Å². The highest BCUT2D eigenvalue weighted by molar-refractivity contribution is 5.95. The first-order valence-corrected chi connectivity index (χ1v) is 7.13. The minimum atomic E-state index is -0.840. The number of carboxylic acids is 1. The molecule has 7 heteroatoms. The molecule has 1 amide bonds. The summed E-state index contributed by atoms with van der Waals surface area (Å²) in [7, 11) is 0. The quantitative estimate of drug-likeness (QED) is 0.892. The predicted octanol–water partition coefficient (Wildman–Crippen LogP) is 1.41. The van der Waals surface area contributed by atoms with Crippen molar-refractivity contribution >= 4 is 11.9 Å². The Morgan fingerprint density at radius 1 is 1.36 bits per heavy atom. The van der Waals surface area contributed by atoms with Crippen LogP contribution in [-0.4, -0.2) is 50.2 Å². The first kappa shape index (κ1) is 14.2. The number of H-pyrrole nitrogens is 1. The van der Waals surface area contributed by atoms with Gasteiger partial charge in [-0.3, -0.25) is 14.7 Å². The van der Waals surface area contributed by atoms with Gasteiger partial charge in [0.2, 0.25) is 0 Å². The molecular weight excluding hydrogens is 284 g/mol. The molecule has 2 aromatic rings. The summed E-state index contributed by atoms with van der Waals surface area (Å²) in [5, 5.41) is 15.7. The lowest BCUT2D eigenvalue weighted by atomic mass is 9.97. The van der Waals surface area contributed by atoms with Crippen molar-refractivity contribution in [2.75, 3.05) is 13.1 Å². The molecule has 0 spiro atoms. The maximum Gasteiger partial charge on any atom is 0.308 e. The molecule has 0 aliphatic carbocycles. The number of likely N-dealkylation sites (tertiary alicyclic amines) is 1. The number of aliphatic carboxylic acids is 1. The summed E-state index contributed by atoms with van der Waals surface area (Å²) in [5.41, 5.74) is 1.30. The highest BCUT2D eigenvalue weighted by Gasteiger charge is 2.28. The second-order valence-corrected chi connectivity index (χ2v) is 5.34. The van der Waals surface area contributed by atoms with Crippen molar-refractivity contribution in [2.45, 2.75) is 12.8 Å². The normalized spacial score (nSPS) is 18.2. The van der Waals surface area contributed by atoms with Gasteiger partial charge in [0.1, 0.15) is 6.33 Å². The summed E-state index contributed by atoms with van der Waals surface area (Å²) >= 11 is 0. The van der Waals surface area contributed by atoms with Crippen LogP contribution in [0.1, 0.15) is 23.2 Å². The first-order valence-electron chi connectivity index (χ1n) is 7.13. The Bertz CT molecular complexity index is 684. The van der Waals surface area contributed by atoms with E-state index in [0.717, 1.165) is 5.56 Å². The fraction of sp³-hybridized carbons (Fsp3) is 0.333. The fourth-order valence-corrected chi connectivity index (χ4v) is 2.69. The molecule has 1 saturated heterocycles. The van der Waals surface area contributed by atoms with Crippen LogP contribution in [0.3, 0.4) is 0 Å². The number of aromatic nitrogens is 3. The Hall–Kier alpha value is -2.70. The van der Waals surface area contributed by atoms with E-state index in [1.54, 1.807) is 23.1 Å². The number of amides is 1. The molecule has 1 aliphatic heterocycles. The minimum absolute atomic E-state index is 0.146. The molecule has 3 rings (SSSR count). The van der Waals surface area contributed by atoms with Crippen LogP contribution in [-0.2, 0) is 4.79 Å². The van der Waals surface area contributed by atoms with Crippen LogP contribution in [0, 0.1) is 5.92 Å². The van der Waals surface area contributed by atoms with Crippen molar-refractivity contribution in [3.05, 3.63) is 36.2 Å². The second-order valence-electron chi connectivity index (χ2n) is 5.34. The van der Waals surface area contributed by atoms with Gasteiger partial charge in [0.05, 0.1) is 5.92 Å². The Labute approximate surface area is 127 Å². The van der Waals surface area contributed by atoms with Crippen LogP contribution in [0.4, 0.5) is 0 Å². The first-order chi connectivity index (χ1) is 10.6. The van der Waals surface area contributed by atoms with Crippen molar-refractivity contribution in [3.63, 3.8) is 0 Å². The average Bonchev–Trinajstić information content (AvgIpc) is 3.09. The van der Waals surface area contributed by atoms with Gasteiger partial charge in [-0.15, -0.1) is 0 Å². The zero-order valence-electron chi connectivity index (χ0n) is 11.9. The van der Waals surface area contributed by atoms with Crippen LogP contribution in [0.25, 0.3) is 11.4 Å². The Morgan fingerprint density at radius 2 is 2.23 bits per heavy atom. The Balaban J connectivity index is 1.80. The number of nitrogens with one attached hydrogen (secondary N) is 1. The smallest absolute Gasteiger partial charge is 0.308 e. The van der Waals surface area contributed by atoms with E-state index in [2.05, 4.69) is 15.2 Å². The molecule has 7 nitrogen and oxygen atoms in total. The fourth-order valence-electron chi connectivity index (χ4n) is 2.69. The second kappa shape index (κ2) is 5.97. The number of carbonyl (C=O) groups is 2. The number of benzene rings is 1. The predicted molar refractivity (Wildman–Crippen MR) is 78.1 cm³/mol. The number of carbonyl (C=O) groups excluding carboxylic acids is 1. The van der Waals surface area contributed by atoms with Gasteiger partial charge in [0.25, 0.3) is 5.91 Å². The number of rotatable bonds is 3. The number of piperidine rings is 1. The molecule has 22 heavy (non-hydrogen) atoms. The molecule has 114 valence electrons. The van der Waals surface area contributed by atoms with E-state index in [1.165, 1.54) is 6.33 Å². The molecule has 2 heterocycles. The zero-order chi connectivity index (χ0) is 15.5. The minimum Gasteiger partial charge on any atom is -0.481 e. The van der Waals surface area contributed by atoms with Crippen molar-refractivity contribution < 1.29 is 14.7 Å². The molecule has 1 fully saturated rings. The van der Waals surface area contributed by atoms with E-state index >= 15 is 0 Å². The van der Waals surface area contributed by atoms with E-state index in [0.29, 0.717) is 30.8 Å². The topological polar surface area (TPSA) is 99.2 Å². The van der Waals surface area contributed by atoms with Gasteiger partial charge in [0.15, 0.2) is 5.82 Å². The molecule has 2 N–H and O–H groups in total. The SMILES string of the molecule is O=C(O)C1CCCN(C(=O)c2cccc(-c3ncn[nH]3)c2)C1. The highest BCUT2D eigenvalue weighted by atomic mass is 16.4. The maximum absolute atomic E-state index is 12.6. The molecule has 1 unspecified atom stereocenters. The van der Waals surface area contributed by atoms with Crippen LogP contribution < -0.4 is 0 Å². The third kappa shape index (κ3) is 2.83. The lowest BCUT2D eigenvalue weighted by Gasteiger charge is -2.30. The average molecular weight is 300 g/mol. The zero-order valence-corrected chi connectivity index (χ0v) is 11.9. The molecule has 1 aromatic heterocycles. The van der Waals surface area contributed by atoms with Gasteiger partial charge in [-0.1, -0.05) is 12.1 Å². The van der Waals surface area contributed by atoms with Crippen molar-refractivity contribution in [1.29, 1.82) is 0 Å². The maximum atomic E-state index is 12.6. The van der Waals surface area contributed by atoms with E-state index in [9.17, 15) is 9.59 Å². The van der Waals surface area contributed by atoms with E-state index in [-0.39, 0.29) is 12.5 Å². The molecule has 1 aliphatic rings. The molecule has 1 aromatic carbocycles. The molecule has 0 saturated carbocycles. The van der Waals surface area contributed by atoms with Crippen LogP contribution in [0.2, 0.25) is 0 Å². The largest absolute Gasteiger partial charge is 0.481 e. The summed E-state index contributed by atoms with van der Waals surface area (Å²) in [6.07, 6.45) is 2.74. The molecule has 0 bridgehead atoms. The Morgan fingerprint density at radius 3 is 2.95 bits per heavy atom. The number of nitrogens with zero attached hydrogens (tertiary/aromatic N) is 3. The van der Waals surface area contributed by atoms with Gasteiger partial charge < -0.3 is 10.0 Å². The summed E-state index contributed by atoms with van der Waals surface area (Å²) in [4.78, 5) is 29.4. The van der Waals surface area contributed by atoms with Crippen LogP contribution in [0.5, 0.6) is 0 Å². The summed E-state index contributed by atoms with van der Waals surface area (Å²) in [5.74, 6) is -0.868. The van der Waals surface area contributed by atoms with Crippen LogP contribution in [0.15, 0.2) is 30.6 Å². The van der Waals surface area contributed by atoms with Gasteiger partial charge >= 0.3 is 5.97 Å². The number of hydrogen-bond acceptors (Lipinski definition) is 4. The van der Waals surface area contributed by atoms with Gasteiger partial charge in [-0.05, 0) is 25.0 Å². The summed E-state index contributed by atoms with van der Waals surface area (Å²) < 4.78 is 0. The summed E-state index contributed by atoms with van der Waals surface area (Å²) in [6.45, 7) is 0.857. The summed E-state index contributed by atoms with van der Waals surface area (Å²) in [6, 6.07) is 7.09. The molecule has 0 radical (unpaired) electrons. The Kier molecular flexibility index (Phi) is 3.86. The monoisotopic (exact) mass is 300 g/mol. The highest BCUT2D eigenvalue weighted by Crippen LogP contribution is 2.21. The number of aromatic amines is 1. The van der Waals surface area contributed by atoms with Crippen molar-refractivity contribution in [1.82, 2.24) is 20.1 Å². The lowest BCUT2D eigenvalue weighted by molar-refractivity contribution is -0.143. The van der Waals surface area contributed by atoms with Crippen molar-refractivity contribution in [2.24, 2.45) is 5.92 Å². The molecule has 1 atom stereocenters. The molecular formula is C15H16N4O3. The van der Waals surface area contributed by atoms with Gasteiger partial charge in [-0.2, -0.15) is 5.10 Å². The lowest BCUT2D eigenvalue weighted by Crippen LogP contribution is -2.42. The standard InChI is InChI=1S/C15H16N4O3/c20-14(19-6-2-5-12(8-19)15(21)22)11-4-1-3-10(7-11)13-16-9-17-18-13/h1,3-4,7,9,12H,2,5-6,8H2,(H,21,22)(H,16,17,18). The third-order valence-electron chi connectivity index (χ3n) is 3.86. The number of hydrogen-bond donors (Lipinski definition) is 2. The van der Waals surface area contributed by atoms with E-state index < -0.39 is 11.9 Å². The van der Waals surface area contributed by atoms with Crippen molar-refractivity contribution in [3.8, 4) is 11.4 Å². The number of carboxylic acid groups (broad SMARTS) is 1. The van der Waals surface area contributed by atoms with Crippen LogP contribution >= 0.6 is 0 Å².